The molecule has 4 rings (SSSR count). The van der Waals surface area contributed by atoms with Crippen LogP contribution in [0.4, 0.5) is 11.5 Å². The van der Waals surface area contributed by atoms with Crippen molar-refractivity contribution in [2.45, 2.75) is 39.7 Å². The lowest BCUT2D eigenvalue weighted by molar-refractivity contribution is -0.109. The Morgan fingerprint density at radius 2 is 1.81 bits per heavy atom. The van der Waals surface area contributed by atoms with Gasteiger partial charge in [-0.05, 0) is 38.0 Å². The molecule has 168 valence electrons. The number of aryl methyl sites for hydroxylation is 3. The predicted molar refractivity (Wildman–Crippen MR) is 133 cm³/mol. The second-order valence-electron chi connectivity index (χ2n) is 7.64. The van der Waals surface area contributed by atoms with Crippen molar-refractivity contribution in [2.24, 2.45) is 0 Å². The molecule has 0 fully saturated rings. The Labute approximate surface area is 189 Å². The number of amides is 1. The highest BCUT2D eigenvalue weighted by molar-refractivity contribution is 6.06. The molecule has 0 radical (unpaired) electrons. The van der Waals surface area contributed by atoms with E-state index < -0.39 is 0 Å². The number of nitrogen functional groups attached to an aromatic ring is 1. The van der Waals surface area contributed by atoms with E-state index in [9.17, 15) is 4.79 Å². The molecule has 0 spiro atoms. The number of aromatic nitrogens is 3. The Morgan fingerprint density at radius 1 is 1.06 bits per heavy atom. The first-order valence-corrected chi connectivity index (χ1v) is 11.0. The van der Waals surface area contributed by atoms with Gasteiger partial charge in [0.2, 0.25) is 6.41 Å². The molecule has 2 aromatic carbocycles. The highest BCUT2D eigenvalue weighted by Crippen LogP contribution is 2.29. The number of para-hydroxylation sites is 1. The summed E-state index contributed by atoms with van der Waals surface area (Å²) in [6, 6.07) is 16.3. The highest BCUT2D eigenvalue weighted by Gasteiger charge is 2.15. The van der Waals surface area contributed by atoms with Crippen LogP contribution in [0.5, 0.6) is 0 Å². The molecule has 7 nitrogen and oxygen atoms in total. The minimum absolute atomic E-state index is 0.481. The molecule has 32 heavy (non-hydrogen) atoms. The van der Waals surface area contributed by atoms with Crippen LogP contribution in [0, 0.1) is 6.92 Å². The van der Waals surface area contributed by atoms with E-state index in [-0.39, 0.29) is 0 Å². The number of imidazole rings is 1. The van der Waals surface area contributed by atoms with E-state index in [2.05, 4.69) is 64.4 Å². The van der Waals surface area contributed by atoms with Gasteiger partial charge in [0, 0.05) is 37.6 Å². The van der Waals surface area contributed by atoms with Crippen LogP contribution >= 0.6 is 0 Å². The molecule has 0 saturated heterocycles. The fourth-order valence-corrected chi connectivity index (χ4v) is 3.69. The molecule has 2 heterocycles. The van der Waals surface area contributed by atoms with E-state index in [4.69, 9.17) is 10.7 Å². The average Bonchev–Trinajstić information content (AvgIpc) is 3.19. The molecule has 0 aliphatic carbocycles. The summed E-state index contributed by atoms with van der Waals surface area (Å²) in [5.74, 6) is 1.50. The van der Waals surface area contributed by atoms with E-state index in [0.29, 0.717) is 12.4 Å². The fourth-order valence-electron chi connectivity index (χ4n) is 3.69. The van der Waals surface area contributed by atoms with Crippen molar-refractivity contribution in [1.29, 1.82) is 0 Å². The summed E-state index contributed by atoms with van der Waals surface area (Å²) in [4.78, 5) is 19.5. The number of nitrogens with one attached hydrogen (secondary N) is 2. The smallest absolute Gasteiger partial charge is 0.207 e. The second-order valence-corrected chi connectivity index (χ2v) is 7.64. The number of hydrogen-bond acceptors (Lipinski definition) is 5. The maximum atomic E-state index is 10.3. The van der Waals surface area contributed by atoms with Crippen LogP contribution in [0.1, 0.15) is 31.2 Å². The van der Waals surface area contributed by atoms with Crippen LogP contribution in [0.25, 0.3) is 21.9 Å². The summed E-state index contributed by atoms with van der Waals surface area (Å²) >= 11 is 0. The van der Waals surface area contributed by atoms with E-state index in [0.717, 1.165) is 60.0 Å². The number of hydrogen-bond donors (Lipinski definition) is 3. The average molecular weight is 433 g/mol. The first-order valence-electron chi connectivity index (χ1n) is 11.0. The third-order valence-corrected chi connectivity index (χ3v) is 5.38. The summed E-state index contributed by atoms with van der Waals surface area (Å²) in [6.07, 6.45) is 3.48. The summed E-state index contributed by atoms with van der Waals surface area (Å²) in [5.41, 5.74) is 11.3. The predicted octanol–water partition coefficient (Wildman–Crippen LogP) is 4.29. The lowest BCUT2D eigenvalue weighted by atomic mass is 10.2. The van der Waals surface area contributed by atoms with Crippen molar-refractivity contribution >= 4 is 39.9 Å². The van der Waals surface area contributed by atoms with Crippen molar-refractivity contribution < 1.29 is 4.79 Å². The summed E-state index contributed by atoms with van der Waals surface area (Å²) in [6.45, 7) is 5.73. The number of fused-ring (bicyclic) bond motifs is 3. The quantitative estimate of drug-likeness (QED) is 0.285. The fraction of sp³-hybridized carbons (Fsp3) is 0.320. The van der Waals surface area contributed by atoms with Crippen LogP contribution in [0.3, 0.4) is 0 Å². The topological polar surface area (TPSA) is 97.9 Å². The number of unbranched alkanes of at least 4 members (excludes halogenated alkanes) is 1. The van der Waals surface area contributed by atoms with Gasteiger partial charge in [0.05, 0.1) is 11.0 Å². The number of nitrogens with zero attached hydrogens (tertiary/aromatic N) is 3. The first kappa shape index (κ1) is 23.1. The van der Waals surface area contributed by atoms with Gasteiger partial charge in [-0.25, -0.2) is 9.97 Å². The molecule has 0 aliphatic heterocycles. The van der Waals surface area contributed by atoms with Gasteiger partial charge in [0.15, 0.2) is 5.82 Å². The number of carbonyl (C=O) groups is 1. The Kier molecular flexibility index (Phi) is 8.02. The van der Waals surface area contributed by atoms with Crippen molar-refractivity contribution in [3.8, 4) is 0 Å². The Bertz CT molecular complexity index is 1170. The van der Waals surface area contributed by atoms with Crippen molar-refractivity contribution in [3.63, 3.8) is 0 Å². The van der Waals surface area contributed by atoms with Gasteiger partial charge >= 0.3 is 0 Å². The van der Waals surface area contributed by atoms with E-state index in [1.54, 1.807) is 0 Å². The Morgan fingerprint density at radius 3 is 2.50 bits per heavy atom. The number of nitrogens with two attached hydrogens (primary N) is 1. The summed E-state index contributed by atoms with van der Waals surface area (Å²) in [7, 11) is 1.92. The summed E-state index contributed by atoms with van der Waals surface area (Å²) in [5, 5.41) is 6.83. The Hall–Kier alpha value is -3.61. The number of pyridine rings is 1. The van der Waals surface area contributed by atoms with Crippen LogP contribution < -0.4 is 16.4 Å². The standard InChI is InChI=1S/C17H21N5O.C8H11N/c1-2-14-21-15-16(22(14)10-6-5-9-19-11-23)12-7-3-4-8-13(12)20-17(15)18;1-7-3-5-8(9-2)6-4-7/h3-4,7-8,11H,2,5-6,9-10H2,1H3,(H2,18,20)(H,19,23);3-6,9H,1-2H3. The third-order valence-electron chi connectivity index (χ3n) is 5.38. The molecule has 0 bridgehead atoms. The number of carbonyl (C=O) groups excluding carboxylic acids is 1. The normalized spacial score (nSPS) is 10.6. The zero-order chi connectivity index (χ0) is 22.9. The molecule has 0 atom stereocenters. The van der Waals surface area contributed by atoms with Crippen LogP contribution in [0.2, 0.25) is 0 Å². The molecule has 2 aromatic heterocycles. The minimum atomic E-state index is 0.481. The van der Waals surface area contributed by atoms with Gasteiger partial charge in [-0.2, -0.15) is 0 Å². The van der Waals surface area contributed by atoms with Gasteiger partial charge in [-0.15, -0.1) is 0 Å². The SMILES string of the molecule is CCc1nc2c(N)nc3ccccc3c2n1CCCCNC=O.CNc1ccc(C)cc1. The zero-order valence-corrected chi connectivity index (χ0v) is 19.1. The van der Waals surface area contributed by atoms with E-state index >= 15 is 0 Å². The third kappa shape index (κ3) is 5.35. The minimum Gasteiger partial charge on any atom is -0.388 e. The van der Waals surface area contributed by atoms with Gasteiger partial charge in [-0.1, -0.05) is 42.8 Å². The van der Waals surface area contributed by atoms with Gasteiger partial charge < -0.3 is 20.9 Å². The molecule has 7 heteroatoms. The lowest BCUT2D eigenvalue weighted by Gasteiger charge is -2.10. The van der Waals surface area contributed by atoms with Gasteiger partial charge in [0.25, 0.3) is 0 Å². The zero-order valence-electron chi connectivity index (χ0n) is 19.1. The molecular formula is C25H32N6O. The molecular weight excluding hydrogens is 400 g/mol. The Balaban J connectivity index is 0.000000269. The highest BCUT2D eigenvalue weighted by atomic mass is 16.1. The maximum Gasteiger partial charge on any atom is 0.207 e. The van der Waals surface area contributed by atoms with Crippen molar-refractivity contribution in [3.05, 3.63) is 59.9 Å². The molecule has 4 N–H and O–H groups in total. The lowest BCUT2D eigenvalue weighted by Crippen LogP contribution is -2.13. The largest absolute Gasteiger partial charge is 0.388 e. The molecule has 0 aliphatic rings. The van der Waals surface area contributed by atoms with Gasteiger partial charge in [-0.3, -0.25) is 4.79 Å². The number of anilines is 2. The van der Waals surface area contributed by atoms with E-state index in [1.807, 2.05) is 25.2 Å². The van der Waals surface area contributed by atoms with Crippen molar-refractivity contribution in [2.75, 3.05) is 24.6 Å². The second kappa shape index (κ2) is 11.1. The molecule has 0 saturated carbocycles. The number of rotatable bonds is 8. The van der Waals surface area contributed by atoms with E-state index in [1.165, 1.54) is 11.3 Å². The van der Waals surface area contributed by atoms with Crippen LogP contribution in [-0.2, 0) is 17.8 Å². The summed E-state index contributed by atoms with van der Waals surface area (Å²) < 4.78 is 2.25. The molecule has 1 amide bonds. The van der Waals surface area contributed by atoms with Crippen LogP contribution in [-0.4, -0.2) is 34.5 Å². The van der Waals surface area contributed by atoms with Crippen molar-refractivity contribution in [1.82, 2.24) is 19.9 Å². The molecule has 4 aromatic rings. The first-order chi connectivity index (χ1) is 15.6. The number of benzene rings is 2. The van der Waals surface area contributed by atoms with Crippen LogP contribution in [0.15, 0.2) is 48.5 Å². The molecule has 0 unspecified atom stereocenters. The van der Waals surface area contributed by atoms with Gasteiger partial charge in [0.1, 0.15) is 11.3 Å². The maximum absolute atomic E-state index is 10.3. The monoisotopic (exact) mass is 432 g/mol.